The largest absolute Gasteiger partial charge is 0.457 e. The van der Waals surface area contributed by atoms with Crippen molar-refractivity contribution in [2.75, 3.05) is 13.1 Å². The Morgan fingerprint density at radius 2 is 1.68 bits per heavy atom. The molecule has 158 valence electrons. The van der Waals surface area contributed by atoms with Crippen LogP contribution in [0.4, 0.5) is 0 Å². The Balaban J connectivity index is 1.31. The smallest absolute Gasteiger partial charge is 0.131 e. The van der Waals surface area contributed by atoms with E-state index >= 15 is 0 Å². The highest BCUT2D eigenvalue weighted by Gasteiger charge is 2.20. The summed E-state index contributed by atoms with van der Waals surface area (Å²) in [5.41, 5.74) is 9.16. The van der Waals surface area contributed by atoms with E-state index in [0.29, 0.717) is 6.04 Å². The van der Waals surface area contributed by atoms with E-state index in [1.165, 1.54) is 21.4 Å². The molecule has 0 fully saturated rings. The summed E-state index contributed by atoms with van der Waals surface area (Å²) in [5.74, 6) is 1.76. The van der Waals surface area contributed by atoms with Crippen molar-refractivity contribution in [3.63, 3.8) is 0 Å². The van der Waals surface area contributed by atoms with Crippen molar-refractivity contribution in [3.05, 3.63) is 82.1 Å². The summed E-state index contributed by atoms with van der Waals surface area (Å²) < 4.78 is 7.42. The molecule has 0 saturated heterocycles. The van der Waals surface area contributed by atoms with Crippen LogP contribution in [-0.4, -0.2) is 28.0 Å². The Kier molecular flexibility index (Phi) is 5.47. The fraction of sp³-hybridized carbons (Fsp3) is 0.308. The Bertz CT molecular complexity index is 1210. The number of aromatic nitrogens is 2. The van der Waals surface area contributed by atoms with Crippen LogP contribution in [-0.2, 0) is 12.8 Å². The Labute approximate surface area is 187 Å². The van der Waals surface area contributed by atoms with E-state index in [9.17, 15) is 0 Å². The number of thiazole rings is 1. The van der Waals surface area contributed by atoms with Crippen molar-refractivity contribution in [1.29, 1.82) is 0 Å². The number of fused-ring (bicyclic) bond motifs is 2. The van der Waals surface area contributed by atoms with E-state index in [0.717, 1.165) is 54.3 Å². The zero-order chi connectivity index (χ0) is 21.4. The molecule has 1 atom stereocenters. The van der Waals surface area contributed by atoms with E-state index in [1.54, 1.807) is 11.3 Å². The lowest BCUT2D eigenvalue weighted by molar-refractivity contribution is 0.221. The van der Waals surface area contributed by atoms with E-state index < -0.39 is 0 Å². The summed E-state index contributed by atoms with van der Waals surface area (Å²) in [5, 5.41) is 0. The van der Waals surface area contributed by atoms with Crippen LogP contribution in [0.2, 0.25) is 0 Å². The third-order valence-electron chi connectivity index (χ3n) is 6.19. The quantitative estimate of drug-likeness (QED) is 0.384. The van der Waals surface area contributed by atoms with Gasteiger partial charge in [-0.05, 0) is 74.6 Å². The van der Waals surface area contributed by atoms with E-state index in [2.05, 4.69) is 58.2 Å². The van der Waals surface area contributed by atoms with E-state index in [1.807, 2.05) is 31.5 Å². The van der Waals surface area contributed by atoms with Crippen molar-refractivity contribution < 1.29 is 4.74 Å². The first-order valence-corrected chi connectivity index (χ1v) is 11.8. The minimum absolute atomic E-state index is 0.374. The fourth-order valence-electron chi connectivity index (χ4n) is 4.51. The van der Waals surface area contributed by atoms with Crippen LogP contribution in [0.15, 0.2) is 54.0 Å². The SMILES string of the molecule is Cc1cc(Oc2ccc3c(c2)CCN(C(C)c2ccc4scnc4c2)CC3)cc(C)n1. The van der Waals surface area contributed by atoms with Gasteiger partial charge in [0.25, 0.3) is 0 Å². The predicted octanol–water partition coefficient (Wildman–Crippen LogP) is 6.26. The molecule has 4 aromatic rings. The molecule has 0 saturated carbocycles. The van der Waals surface area contributed by atoms with Crippen LogP contribution < -0.4 is 4.74 Å². The van der Waals surface area contributed by atoms with Crippen molar-refractivity contribution in [3.8, 4) is 11.5 Å². The van der Waals surface area contributed by atoms with E-state index in [4.69, 9.17) is 4.74 Å². The number of pyridine rings is 1. The van der Waals surface area contributed by atoms with Crippen molar-refractivity contribution in [2.24, 2.45) is 0 Å². The average molecular weight is 430 g/mol. The molecule has 0 radical (unpaired) electrons. The Morgan fingerprint density at radius 1 is 0.903 bits per heavy atom. The molecule has 3 heterocycles. The van der Waals surface area contributed by atoms with Gasteiger partial charge in [0.2, 0.25) is 0 Å². The zero-order valence-electron chi connectivity index (χ0n) is 18.3. The molecule has 5 rings (SSSR count). The molecule has 0 amide bonds. The zero-order valence-corrected chi connectivity index (χ0v) is 19.1. The molecule has 0 N–H and O–H groups in total. The monoisotopic (exact) mass is 429 g/mol. The second kappa shape index (κ2) is 8.40. The standard InChI is InChI=1S/C26H27N3OS/c1-17-12-24(13-18(2)28-17)30-23-6-4-20-8-10-29(11-9-22(20)14-23)19(3)21-5-7-26-25(15-21)27-16-31-26/h4-7,12-16,19H,8-11H2,1-3H3. The molecule has 0 aliphatic carbocycles. The molecule has 31 heavy (non-hydrogen) atoms. The van der Waals surface area contributed by atoms with Crippen molar-refractivity contribution >= 4 is 21.6 Å². The topological polar surface area (TPSA) is 38.2 Å². The maximum Gasteiger partial charge on any atom is 0.131 e. The minimum atomic E-state index is 0.374. The molecular weight excluding hydrogens is 402 g/mol. The summed E-state index contributed by atoms with van der Waals surface area (Å²) in [7, 11) is 0. The van der Waals surface area contributed by atoms with Gasteiger partial charge in [-0.1, -0.05) is 12.1 Å². The highest BCUT2D eigenvalue weighted by molar-refractivity contribution is 7.16. The first-order valence-electron chi connectivity index (χ1n) is 10.9. The Morgan fingerprint density at radius 3 is 2.48 bits per heavy atom. The highest BCUT2D eigenvalue weighted by Crippen LogP contribution is 2.30. The molecular formula is C26H27N3OS. The first-order chi connectivity index (χ1) is 15.0. The number of nitrogens with zero attached hydrogens (tertiary/aromatic N) is 3. The molecule has 1 unspecified atom stereocenters. The van der Waals surface area contributed by atoms with Gasteiger partial charge in [0.1, 0.15) is 11.5 Å². The molecule has 0 bridgehead atoms. The molecule has 5 heteroatoms. The Hall–Kier alpha value is -2.76. The van der Waals surface area contributed by atoms with Crippen molar-refractivity contribution in [2.45, 2.75) is 39.7 Å². The van der Waals surface area contributed by atoms with Crippen LogP contribution in [0.1, 0.15) is 41.0 Å². The number of ether oxygens (including phenoxy) is 1. The third kappa shape index (κ3) is 4.34. The molecule has 1 aliphatic heterocycles. The van der Waals surface area contributed by atoms with Gasteiger partial charge in [0, 0.05) is 42.7 Å². The molecule has 0 spiro atoms. The molecule has 2 aromatic carbocycles. The molecule has 1 aliphatic rings. The fourth-order valence-corrected chi connectivity index (χ4v) is 5.17. The summed E-state index contributed by atoms with van der Waals surface area (Å²) in [6.07, 6.45) is 2.09. The predicted molar refractivity (Wildman–Crippen MR) is 127 cm³/mol. The first kappa shape index (κ1) is 20.2. The lowest BCUT2D eigenvalue weighted by Crippen LogP contribution is -2.29. The van der Waals surface area contributed by atoms with Crippen LogP contribution in [0.3, 0.4) is 0 Å². The van der Waals surface area contributed by atoms with Crippen LogP contribution >= 0.6 is 11.3 Å². The van der Waals surface area contributed by atoms with Crippen LogP contribution in [0, 0.1) is 13.8 Å². The summed E-state index contributed by atoms with van der Waals surface area (Å²) in [4.78, 5) is 11.5. The third-order valence-corrected chi connectivity index (χ3v) is 7.00. The molecule has 2 aromatic heterocycles. The van der Waals surface area contributed by atoms with Crippen LogP contribution in [0.5, 0.6) is 11.5 Å². The van der Waals surface area contributed by atoms with Gasteiger partial charge < -0.3 is 4.74 Å². The van der Waals surface area contributed by atoms with Gasteiger partial charge >= 0.3 is 0 Å². The minimum Gasteiger partial charge on any atom is -0.457 e. The van der Waals surface area contributed by atoms with Gasteiger partial charge in [-0.15, -0.1) is 11.3 Å². The van der Waals surface area contributed by atoms with Gasteiger partial charge in [-0.2, -0.15) is 0 Å². The van der Waals surface area contributed by atoms with E-state index in [-0.39, 0.29) is 0 Å². The van der Waals surface area contributed by atoms with Gasteiger partial charge in [-0.3, -0.25) is 9.88 Å². The second-order valence-electron chi connectivity index (χ2n) is 8.41. The summed E-state index contributed by atoms with van der Waals surface area (Å²) in [6.45, 7) is 8.41. The van der Waals surface area contributed by atoms with Gasteiger partial charge in [0.05, 0.1) is 15.7 Å². The average Bonchev–Trinajstić information content (AvgIpc) is 3.11. The number of hydrogen-bond donors (Lipinski definition) is 0. The lowest BCUT2D eigenvalue weighted by atomic mass is 10.0. The highest BCUT2D eigenvalue weighted by atomic mass is 32.1. The van der Waals surface area contributed by atoms with Gasteiger partial charge in [-0.25, -0.2) is 4.98 Å². The maximum atomic E-state index is 6.16. The summed E-state index contributed by atoms with van der Waals surface area (Å²) in [6, 6.07) is 17.6. The number of benzene rings is 2. The maximum absolute atomic E-state index is 6.16. The van der Waals surface area contributed by atoms with Gasteiger partial charge in [0.15, 0.2) is 0 Å². The molecule has 4 nitrogen and oxygen atoms in total. The number of rotatable bonds is 4. The second-order valence-corrected chi connectivity index (χ2v) is 9.30. The normalized spacial score (nSPS) is 15.5. The lowest BCUT2D eigenvalue weighted by Gasteiger charge is -2.28. The van der Waals surface area contributed by atoms with Crippen LogP contribution in [0.25, 0.3) is 10.2 Å². The number of hydrogen-bond acceptors (Lipinski definition) is 5. The van der Waals surface area contributed by atoms with Crippen molar-refractivity contribution in [1.82, 2.24) is 14.9 Å². The number of aryl methyl sites for hydroxylation is 2. The summed E-state index contributed by atoms with van der Waals surface area (Å²) >= 11 is 1.70.